The molecule has 1 aliphatic heterocycles. The van der Waals surface area contributed by atoms with Crippen molar-refractivity contribution < 1.29 is 13.9 Å². The number of benzene rings is 3. The van der Waals surface area contributed by atoms with E-state index in [1.54, 1.807) is 12.1 Å². The van der Waals surface area contributed by atoms with Gasteiger partial charge in [-0.2, -0.15) is 0 Å². The highest BCUT2D eigenvalue weighted by molar-refractivity contribution is 6.06. The molecule has 5 rings (SSSR count). The molecule has 2 heterocycles. The minimum atomic E-state index is -0.236. The number of hydrogen-bond donors (Lipinski definition) is 1. The molecule has 192 valence electrons. The molecule has 0 bridgehead atoms. The summed E-state index contributed by atoms with van der Waals surface area (Å²) >= 11 is 0. The van der Waals surface area contributed by atoms with Crippen molar-refractivity contribution in [2.24, 2.45) is 0 Å². The molecule has 0 aliphatic carbocycles. The number of carbonyl (C=O) groups excluding carboxylic acids is 1. The first kappa shape index (κ1) is 25.1. The molecule has 1 amide bonds. The Morgan fingerprint density at radius 3 is 2.57 bits per heavy atom. The zero-order chi connectivity index (χ0) is 25.6. The van der Waals surface area contributed by atoms with Crippen molar-refractivity contribution in [3.8, 4) is 5.75 Å². The number of nitrogens with one attached hydrogen (secondary N) is 1. The summed E-state index contributed by atoms with van der Waals surface area (Å²) in [6.45, 7) is 3.52. The molecule has 4 aromatic rings. The van der Waals surface area contributed by atoms with Gasteiger partial charge in [-0.1, -0.05) is 69.4 Å². The Hall–Kier alpha value is -3.60. The van der Waals surface area contributed by atoms with Crippen LogP contribution in [0.4, 0.5) is 10.1 Å². The highest BCUT2D eigenvalue weighted by atomic mass is 19.1. The molecule has 0 radical (unpaired) electrons. The van der Waals surface area contributed by atoms with Crippen LogP contribution in [0.25, 0.3) is 10.9 Å². The number of carbonyl (C=O) groups is 1. The number of hydrogen-bond acceptors (Lipinski definition) is 2. The second-order valence-electron chi connectivity index (χ2n) is 10.0. The zero-order valence-electron chi connectivity index (χ0n) is 21.5. The molecule has 5 heteroatoms. The van der Waals surface area contributed by atoms with Gasteiger partial charge in [-0.3, -0.25) is 4.79 Å². The SMILES string of the molecule is CCCCCCCCOc1ccc([C@@H]2CC(=O)Nc3cccc4c3c2cn4Cc2cccc(F)c2)cc1. The molecule has 3 aromatic carbocycles. The first-order valence-corrected chi connectivity index (χ1v) is 13.5. The van der Waals surface area contributed by atoms with Crippen LogP contribution in [0.15, 0.2) is 72.9 Å². The minimum absolute atomic E-state index is 0.00813. The molecular weight excluding hydrogens is 463 g/mol. The summed E-state index contributed by atoms with van der Waals surface area (Å²) < 4.78 is 22.0. The van der Waals surface area contributed by atoms with E-state index in [1.165, 1.54) is 38.2 Å². The van der Waals surface area contributed by atoms with Crippen LogP contribution in [-0.2, 0) is 11.3 Å². The van der Waals surface area contributed by atoms with Gasteiger partial charge in [-0.05, 0) is 59.5 Å². The van der Waals surface area contributed by atoms with Gasteiger partial charge in [0.05, 0.1) is 17.8 Å². The number of rotatable bonds is 11. The summed E-state index contributed by atoms with van der Waals surface area (Å²) in [7, 11) is 0. The monoisotopic (exact) mass is 498 g/mol. The molecule has 37 heavy (non-hydrogen) atoms. The molecule has 1 N–H and O–H groups in total. The number of ether oxygens (including phenoxy) is 1. The van der Waals surface area contributed by atoms with Crippen LogP contribution in [0.1, 0.15) is 74.5 Å². The van der Waals surface area contributed by atoms with Crippen LogP contribution in [0.2, 0.25) is 0 Å². The number of amides is 1. The quantitative estimate of drug-likeness (QED) is 0.213. The summed E-state index contributed by atoms with van der Waals surface area (Å²) in [6.07, 6.45) is 9.93. The molecule has 0 saturated heterocycles. The van der Waals surface area contributed by atoms with E-state index in [2.05, 4.69) is 41.2 Å². The maximum Gasteiger partial charge on any atom is 0.225 e. The molecule has 1 atom stereocenters. The first-order chi connectivity index (χ1) is 18.1. The molecule has 0 unspecified atom stereocenters. The Balaban J connectivity index is 1.37. The van der Waals surface area contributed by atoms with Crippen molar-refractivity contribution in [2.45, 2.75) is 64.3 Å². The second kappa shape index (κ2) is 11.6. The highest BCUT2D eigenvalue weighted by Gasteiger charge is 2.28. The van der Waals surface area contributed by atoms with Crippen molar-refractivity contribution >= 4 is 22.5 Å². The number of anilines is 1. The van der Waals surface area contributed by atoms with Crippen LogP contribution >= 0.6 is 0 Å². The van der Waals surface area contributed by atoms with Gasteiger partial charge < -0.3 is 14.6 Å². The van der Waals surface area contributed by atoms with E-state index in [4.69, 9.17) is 4.74 Å². The van der Waals surface area contributed by atoms with Crippen LogP contribution in [-0.4, -0.2) is 17.1 Å². The van der Waals surface area contributed by atoms with E-state index in [0.29, 0.717) is 13.0 Å². The van der Waals surface area contributed by atoms with Crippen LogP contribution in [0, 0.1) is 5.82 Å². The number of unbranched alkanes of at least 4 members (excludes halogenated alkanes) is 5. The van der Waals surface area contributed by atoms with Gasteiger partial charge in [0.25, 0.3) is 0 Å². The third-order valence-corrected chi connectivity index (χ3v) is 7.27. The number of aromatic nitrogens is 1. The standard InChI is InChI=1S/C32H35FN2O2/c1-2-3-4-5-6-7-18-37-26-16-14-24(15-17-26)27-20-31(36)34-29-12-9-13-30-32(29)28(27)22-35(30)21-23-10-8-11-25(33)19-23/h8-17,19,22,27H,2-7,18,20-21H2,1H3,(H,34,36)/t27-/m0/s1. The fraction of sp³-hybridized carbons (Fsp3) is 0.344. The zero-order valence-corrected chi connectivity index (χ0v) is 21.5. The molecule has 0 spiro atoms. The predicted octanol–water partition coefficient (Wildman–Crippen LogP) is 8.04. The summed E-state index contributed by atoms with van der Waals surface area (Å²) in [6, 6.07) is 20.9. The smallest absolute Gasteiger partial charge is 0.225 e. The Morgan fingerprint density at radius 1 is 0.973 bits per heavy atom. The van der Waals surface area contributed by atoms with Gasteiger partial charge in [-0.15, -0.1) is 0 Å². The number of nitrogens with zero attached hydrogens (tertiary/aromatic N) is 1. The van der Waals surface area contributed by atoms with Gasteiger partial charge in [0, 0.05) is 30.5 Å². The molecule has 0 fully saturated rings. The third kappa shape index (κ3) is 5.87. The third-order valence-electron chi connectivity index (χ3n) is 7.27. The maximum absolute atomic E-state index is 13.8. The van der Waals surface area contributed by atoms with Crippen molar-refractivity contribution in [2.75, 3.05) is 11.9 Å². The Bertz CT molecular complexity index is 1360. The Morgan fingerprint density at radius 2 is 1.76 bits per heavy atom. The topological polar surface area (TPSA) is 43.3 Å². The first-order valence-electron chi connectivity index (χ1n) is 13.5. The average Bonchev–Trinajstić information content (AvgIpc) is 3.18. The predicted molar refractivity (Wildman–Crippen MR) is 148 cm³/mol. The van der Waals surface area contributed by atoms with Crippen molar-refractivity contribution in [3.05, 3.63) is 95.4 Å². The summed E-state index contributed by atoms with van der Waals surface area (Å²) in [5.74, 6) is 0.561. The van der Waals surface area contributed by atoms with E-state index in [0.717, 1.165) is 52.1 Å². The van der Waals surface area contributed by atoms with Crippen molar-refractivity contribution in [1.82, 2.24) is 4.57 Å². The molecular formula is C32H35FN2O2. The largest absolute Gasteiger partial charge is 0.494 e. The summed E-state index contributed by atoms with van der Waals surface area (Å²) in [4.78, 5) is 12.8. The van der Waals surface area contributed by atoms with Crippen LogP contribution < -0.4 is 10.1 Å². The molecule has 1 aromatic heterocycles. The fourth-order valence-electron chi connectivity index (χ4n) is 5.38. The number of halogens is 1. The van der Waals surface area contributed by atoms with Gasteiger partial charge in [0.15, 0.2) is 0 Å². The van der Waals surface area contributed by atoms with Crippen LogP contribution in [0.3, 0.4) is 0 Å². The minimum Gasteiger partial charge on any atom is -0.494 e. The fourth-order valence-corrected chi connectivity index (χ4v) is 5.38. The molecule has 4 nitrogen and oxygen atoms in total. The van der Waals surface area contributed by atoms with E-state index < -0.39 is 0 Å². The normalized spacial score (nSPS) is 15.0. The second-order valence-corrected chi connectivity index (χ2v) is 10.0. The lowest BCUT2D eigenvalue weighted by atomic mass is 9.88. The van der Waals surface area contributed by atoms with Crippen molar-refractivity contribution in [3.63, 3.8) is 0 Å². The lowest BCUT2D eigenvalue weighted by molar-refractivity contribution is -0.116. The lowest BCUT2D eigenvalue weighted by Gasteiger charge is -2.15. The van der Waals surface area contributed by atoms with Crippen molar-refractivity contribution in [1.29, 1.82) is 0 Å². The van der Waals surface area contributed by atoms with E-state index in [9.17, 15) is 9.18 Å². The van der Waals surface area contributed by atoms with E-state index in [-0.39, 0.29) is 17.6 Å². The Labute approximate surface area is 218 Å². The summed E-state index contributed by atoms with van der Waals surface area (Å²) in [5, 5.41) is 4.15. The average molecular weight is 499 g/mol. The lowest BCUT2D eigenvalue weighted by Crippen LogP contribution is -2.14. The maximum atomic E-state index is 13.8. The molecule has 1 aliphatic rings. The molecule has 0 saturated carbocycles. The Kier molecular flexibility index (Phi) is 7.88. The van der Waals surface area contributed by atoms with Gasteiger partial charge in [0.1, 0.15) is 11.6 Å². The van der Waals surface area contributed by atoms with E-state index >= 15 is 0 Å². The highest BCUT2D eigenvalue weighted by Crippen LogP contribution is 2.41. The van der Waals surface area contributed by atoms with Gasteiger partial charge in [0.2, 0.25) is 5.91 Å². The van der Waals surface area contributed by atoms with E-state index in [1.807, 2.05) is 30.3 Å². The van der Waals surface area contributed by atoms with Gasteiger partial charge >= 0.3 is 0 Å². The summed E-state index contributed by atoms with van der Waals surface area (Å²) in [5.41, 5.74) is 4.96. The van der Waals surface area contributed by atoms with Gasteiger partial charge in [-0.25, -0.2) is 4.39 Å². The van der Waals surface area contributed by atoms with Crippen LogP contribution in [0.5, 0.6) is 5.75 Å².